The molecule has 10 nitrogen and oxygen atoms in total. The van der Waals surface area contributed by atoms with Crippen LogP contribution in [0.4, 0.5) is 17.2 Å². The first kappa shape index (κ1) is 20.5. The monoisotopic (exact) mass is 460 g/mol. The van der Waals surface area contributed by atoms with E-state index in [4.69, 9.17) is 11.6 Å². The number of halogens is 1. The first-order valence-electron chi connectivity index (χ1n) is 9.84. The first-order chi connectivity index (χ1) is 16.0. The number of pyridine rings is 1. The van der Waals surface area contributed by atoms with Gasteiger partial charge in [-0.3, -0.25) is 9.97 Å². The molecule has 4 heterocycles. The van der Waals surface area contributed by atoms with Gasteiger partial charge >= 0.3 is 5.69 Å². The van der Waals surface area contributed by atoms with Crippen LogP contribution in [0.3, 0.4) is 0 Å². The van der Waals surface area contributed by atoms with Gasteiger partial charge in [0.15, 0.2) is 11.1 Å². The lowest BCUT2D eigenvalue weighted by molar-refractivity contribution is 0.454. The van der Waals surface area contributed by atoms with Crippen LogP contribution in [0, 0.1) is 0 Å². The van der Waals surface area contributed by atoms with E-state index in [-0.39, 0.29) is 11.6 Å². The fraction of sp³-hybridized carbons (Fsp3) is 0.0455. The molecule has 0 saturated heterocycles. The summed E-state index contributed by atoms with van der Waals surface area (Å²) in [5.41, 5.74) is 2.16. The van der Waals surface area contributed by atoms with Crippen molar-refractivity contribution in [2.75, 3.05) is 11.9 Å². The van der Waals surface area contributed by atoms with Gasteiger partial charge in [-0.25, -0.2) is 14.8 Å². The maximum atomic E-state index is 11.5. The quantitative estimate of drug-likeness (QED) is 0.376. The largest absolute Gasteiger partial charge is 0.493 e. The molecule has 0 aliphatic heterocycles. The second-order valence-corrected chi connectivity index (χ2v) is 7.59. The molecule has 1 aromatic carbocycles. The molecule has 0 atom stereocenters. The molecule has 164 valence electrons. The predicted octanol–water partition coefficient (Wildman–Crippen LogP) is 2.05. The number of fused-ring (bicyclic) bond motifs is 1. The highest BCUT2D eigenvalue weighted by atomic mass is 35.5. The van der Waals surface area contributed by atoms with Crippen molar-refractivity contribution in [2.24, 2.45) is 4.99 Å². The lowest BCUT2D eigenvalue weighted by atomic mass is 10.3. The van der Waals surface area contributed by atoms with Crippen molar-refractivity contribution in [3.05, 3.63) is 93.0 Å². The van der Waals surface area contributed by atoms with Gasteiger partial charge in [0, 0.05) is 41.4 Å². The summed E-state index contributed by atoms with van der Waals surface area (Å²) < 4.78 is 1.66. The molecule has 0 bridgehead atoms. The Morgan fingerprint density at radius 1 is 1.18 bits per heavy atom. The molecule has 5 rings (SSSR count). The molecule has 0 fully saturated rings. The zero-order valence-corrected chi connectivity index (χ0v) is 18.0. The van der Waals surface area contributed by atoms with Crippen LogP contribution in [0.25, 0.3) is 11.7 Å². The van der Waals surface area contributed by atoms with E-state index in [1.165, 1.54) is 0 Å². The van der Waals surface area contributed by atoms with Gasteiger partial charge in [-0.2, -0.15) is 9.61 Å². The highest BCUT2D eigenvalue weighted by Crippen LogP contribution is 2.22. The fourth-order valence-corrected chi connectivity index (χ4v) is 3.56. The van der Waals surface area contributed by atoms with Crippen LogP contribution in [-0.4, -0.2) is 41.7 Å². The molecule has 5 aromatic rings. The minimum atomic E-state index is -0.516. The number of aromatic nitrogens is 6. The van der Waals surface area contributed by atoms with E-state index in [1.54, 1.807) is 47.4 Å². The van der Waals surface area contributed by atoms with E-state index in [2.05, 4.69) is 30.0 Å². The van der Waals surface area contributed by atoms with E-state index in [1.807, 2.05) is 36.2 Å². The zero-order valence-electron chi connectivity index (χ0n) is 17.3. The van der Waals surface area contributed by atoms with Gasteiger partial charge in [0.05, 0.1) is 11.9 Å². The third kappa shape index (κ3) is 4.06. The number of nitrogens with one attached hydrogen (secondary N) is 2. The molecule has 0 saturated carbocycles. The molecule has 0 unspecified atom stereocenters. The van der Waals surface area contributed by atoms with Gasteiger partial charge in [0.1, 0.15) is 11.5 Å². The Bertz CT molecular complexity index is 1640. The predicted molar refractivity (Wildman–Crippen MR) is 124 cm³/mol. The summed E-state index contributed by atoms with van der Waals surface area (Å²) in [6.07, 6.45) is 6.59. The number of benzene rings is 1. The lowest BCUT2D eigenvalue weighted by Crippen LogP contribution is -2.21. The second kappa shape index (κ2) is 8.24. The van der Waals surface area contributed by atoms with Crippen molar-refractivity contribution in [3.63, 3.8) is 0 Å². The van der Waals surface area contributed by atoms with Gasteiger partial charge in [-0.15, -0.1) is 0 Å². The number of anilines is 2. The molecule has 33 heavy (non-hydrogen) atoms. The Hall–Kier alpha value is -4.44. The number of hydrogen-bond acceptors (Lipinski definition) is 7. The van der Waals surface area contributed by atoms with Crippen LogP contribution in [-0.2, 0) is 0 Å². The Morgan fingerprint density at radius 3 is 2.73 bits per heavy atom. The third-order valence-corrected chi connectivity index (χ3v) is 5.18. The Kier molecular flexibility index (Phi) is 5.11. The van der Waals surface area contributed by atoms with Crippen molar-refractivity contribution in [2.45, 2.75) is 0 Å². The number of aromatic amines is 2. The topological polar surface area (TPSA) is 128 Å². The number of hydrogen-bond donors (Lipinski definition) is 3. The molecule has 0 aliphatic carbocycles. The summed E-state index contributed by atoms with van der Waals surface area (Å²) in [5, 5.41) is 15.6. The molecular weight excluding hydrogens is 444 g/mol. The smallest absolute Gasteiger partial charge is 0.326 e. The summed E-state index contributed by atoms with van der Waals surface area (Å²) in [7, 11) is 1.90. The highest BCUT2D eigenvalue weighted by Gasteiger charge is 2.13. The van der Waals surface area contributed by atoms with E-state index in [0.29, 0.717) is 32.9 Å². The second-order valence-electron chi connectivity index (χ2n) is 7.15. The van der Waals surface area contributed by atoms with E-state index in [0.717, 1.165) is 5.69 Å². The lowest BCUT2D eigenvalue weighted by Gasteiger charge is -2.19. The maximum Gasteiger partial charge on any atom is 0.326 e. The van der Waals surface area contributed by atoms with Crippen molar-refractivity contribution in [1.82, 2.24) is 29.5 Å². The summed E-state index contributed by atoms with van der Waals surface area (Å²) in [5.74, 6) is 0.423. The average Bonchev–Trinajstić information content (AvgIpc) is 3.35. The number of imidazole rings is 1. The molecule has 3 N–H and O–H groups in total. The molecule has 0 aliphatic rings. The Labute approximate surface area is 191 Å². The van der Waals surface area contributed by atoms with Crippen LogP contribution < -0.4 is 21.3 Å². The maximum absolute atomic E-state index is 11.5. The van der Waals surface area contributed by atoms with Gasteiger partial charge in [0.2, 0.25) is 5.88 Å². The molecule has 0 amide bonds. The molecule has 0 spiro atoms. The van der Waals surface area contributed by atoms with E-state index >= 15 is 0 Å². The summed E-state index contributed by atoms with van der Waals surface area (Å²) in [6.45, 7) is 0. The molecule has 11 heteroatoms. The fourth-order valence-electron chi connectivity index (χ4n) is 3.38. The minimum absolute atomic E-state index is 0.220. The minimum Gasteiger partial charge on any atom is -0.493 e. The number of H-pyrrole nitrogens is 2. The van der Waals surface area contributed by atoms with Gasteiger partial charge in [-0.05, 0) is 36.4 Å². The van der Waals surface area contributed by atoms with Crippen molar-refractivity contribution in [3.8, 4) is 5.88 Å². The molecule has 0 radical (unpaired) electrons. The number of aromatic hydroxyl groups is 1. The van der Waals surface area contributed by atoms with Crippen molar-refractivity contribution >= 4 is 40.5 Å². The summed E-state index contributed by atoms with van der Waals surface area (Å²) in [4.78, 5) is 31.7. The third-order valence-electron chi connectivity index (χ3n) is 4.95. The normalized spacial score (nSPS) is 12.5. The van der Waals surface area contributed by atoms with Crippen LogP contribution in [0.15, 0.2) is 70.8 Å². The van der Waals surface area contributed by atoms with E-state index in [9.17, 15) is 9.90 Å². The van der Waals surface area contributed by atoms with Crippen LogP contribution in [0.5, 0.6) is 5.88 Å². The number of rotatable bonds is 4. The van der Waals surface area contributed by atoms with Crippen LogP contribution >= 0.6 is 11.6 Å². The summed E-state index contributed by atoms with van der Waals surface area (Å²) in [6, 6.07) is 12.7. The Morgan fingerprint density at radius 2 is 2.00 bits per heavy atom. The Balaban J connectivity index is 1.77. The van der Waals surface area contributed by atoms with Gasteiger partial charge in [-0.1, -0.05) is 17.7 Å². The van der Waals surface area contributed by atoms with Crippen LogP contribution in [0.1, 0.15) is 5.69 Å². The van der Waals surface area contributed by atoms with E-state index < -0.39 is 5.69 Å². The zero-order chi connectivity index (χ0) is 22.9. The number of nitrogens with zero attached hydrogens (tertiary/aromatic N) is 6. The van der Waals surface area contributed by atoms with Gasteiger partial charge in [0.25, 0.3) is 0 Å². The molecule has 4 aromatic heterocycles. The highest BCUT2D eigenvalue weighted by molar-refractivity contribution is 6.30. The standard InChI is InChI=1S/C22H17ClN8O2/c1-30(16-5-7-24-8-6-16)19-11-18(26-15-4-2-3-14(23)10-15)28-20-13(12-25-31(19)20)9-17-21(32)29-22(33)27-17/h2-12,32H,1H3,(H2,27,29,33). The van der Waals surface area contributed by atoms with Crippen molar-refractivity contribution in [1.29, 1.82) is 0 Å². The molecular formula is C22H17ClN8O2. The van der Waals surface area contributed by atoms with Crippen LogP contribution in [0.2, 0.25) is 5.02 Å². The SMILES string of the molecule is CN(c1ccncc1)c1cc(=Nc2cccc(Cl)c2)nc2c(=Cc3[nH]c(=O)[nH]c3O)cnn12. The summed E-state index contributed by atoms with van der Waals surface area (Å²) >= 11 is 6.11. The van der Waals surface area contributed by atoms with Gasteiger partial charge < -0.3 is 15.0 Å². The van der Waals surface area contributed by atoms with Crippen molar-refractivity contribution < 1.29 is 5.11 Å². The average molecular weight is 461 g/mol. The first-order valence-corrected chi connectivity index (χ1v) is 10.2.